The molecule has 0 amide bonds. The van der Waals surface area contributed by atoms with Gasteiger partial charge in [0.2, 0.25) is 0 Å². The second-order valence-corrected chi connectivity index (χ2v) is 5.98. The molecule has 3 heterocycles. The lowest BCUT2D eigenvalue weighted by Crippen LogP contribution is -1.96. The van der Waals surface area contributed by atoms with Crippen LogP contribution in [0.25, 0.3) is 26.7 Å². The minimum Gasteiger partial charge on any atom is -0.382 e. The van der Waals surface area contributed by atoms with E-state index in [4.69, 9.17) is 11.5 Å². The van der Waals surface area contributed by atoms with E-state index in [0.717, 1.165) is 38.2 Å². The van der Waals surface area contributed by atoms with Gasteiger partial charge in [-0.3, -0.25) is 4.99 Å². The van der Waals surface area contributed by atoms with Crippen molar-refractivity contribution in [2.75, 3.05) is 12.3 Å². The Morgan fingerprint density at radius 3 is 2.90 bits per heavy atom. The lowest BCUT2D eigenvalue weighted by molar-refractivity contribution is 1.05. The topological polar surface area (TPSA) is 90.2 Å². The lowest BCUT2D eigenvalue weighted by Gasteiger charge is -2.05. The van der Waals surface area contributed by atoms with Crippen LogP contribution in [-0.2, 0) is 6.54 Å². The molecular weight excluding hydrogens is 282 g/mol. The van der Waals surface area contributed by atoms with Crippen molar-refractivity contribution in [3.8, 4) is 0 Å². The monoisotopic (exact) mass is 295 g/mol. The highest BCUT2D eigenvalue weighted by atomic mass is 32.1. The van der Waals surface area contributed by atoms with Gasteiger partial charge in [0, 0.05) is 18.1 Å². The predicted octanol–water partition coefficient (Wildman–Crippen LogP) is 2.35. The SMILES string of the molecule is NCc1nc2c(N)nc3cc(C4=CC=NC4)ccc3c2s1. The first-order valence-corrected chi connectivity index (χ1v) is 7.46. The number of thiazole rings is 1. The molecule has 0 saturated heterocycles. The van der Waals surface area contributed by atoms with Crippen LogP contribution in [0.3, 0.4) is 0 Å². The molecule has 2 aromatic heterocycles. The number of aromatic nitrogens is 2. The van der Waals surface area contributed by atoms with E-state index in [1.54, 1.807) is 11.3 Å². The maximum atomic E-state index is 6.05. The van der Waals surface area contributed by atoms with Crippen LogP contribution in [0.15, 0.2) is 29.3 Å². The van der Waals surface area contributed by atoms with Crippen molar-refractivity contribution in [2.45, 2.75) is 6.54 Å². The van der Waals surface area contributed by atoms with Crippen molar-refractivity contribution in [1.29, 1.82) is 0 Å². The van der Waals surface area contributed by atoms with E-state index < -0.39 is 0 Å². The maximum absolute atomic E-state index is 6.05. The number of rotatable bonds is 2. The fourth-order valence-corrected chi connectivity index (χ4v) is 3.53. The Morgan fingerprint density at radius 1 is 1.24 bits per heavy atom. The highest BCUT2D eigenvalue weighted by Gasteiger charge is 2.13. The molecule has 3 aromatic rings. The summed E-state index contributed by atoms with van der Waals surface area (Å²) in [7, 11) is 0. The van der Waals surface area contributed by atoms with Crippen LogP contribution in [0.4, 0.5) is 5.82 Å². The zero-order valence-corrected chi connectivity index (χ0v) is 12.0. The van der Waals surface area contributed by atoms with Crippen molar-refractivity contribution < 1.29 is 0 Å². The summed E-state index contributed by atoms with van der Waals surface area (Å²) in [5, 5.41) is 1.95. The molecule has 4 N–H and O–H groups in total. The van der Waals surface area contributed by atoms with Gasteiger partial charge in [-0.25, -0.2) is 9.97 Å². The quantitative estimate of drug-likeness (QED) is 0.759. The fourth-order valence-electron chi connectivity index (χ4n) is 2.54. The Balaban J connectivity index is 1.98. The van der Waals surface area contributed by atoms with Gasteiger partial charge in [0.25, 0.3) is 0 Å². The Kier molecular flexibility index (Phi) is 2.73. The molecule has 0 aliphatic carbocycles. The number of nitrogens with two attached hydrogens (primary N) is 2. The third kappa shape index (κ3) is 1.91. The van der Waals surface area contributed by atoms with Gasteiger partial charge in [-0.05, 0) is 23.3 Å². The first-order valence-electron chi connectivity index (χ1n) is 6.64. The highest BCUT2D eigenvalue weighted by Crippen LogP contribution is 2.33. The molecule has 6 heteroatoms. The van der Waals surface area contributed by atoms with Gasteiger partial charge in [0.05, 0.1) is 16.8 Å². The van der Waals surface area contributed by atoms with Gasteiger partial charge in [-0.1, -0.05) is 12.1 Å². The third-order valence-corrected chi connectivity index (χ3v) is 4.70. The van der Waals surface area contributed by atoms with Crippen molar-refractivity contribution in [2.24, 2.45) is 10.7 Å². The van der Waals surface area contributed by atoms with E-state index in [-0.39, 0.29) is 0 Å². The number of anilines is 1. The number of hydrogen-bond donors (Lipinski definition) is 2. The molecule has 0 bridgehead atoms. The number of hydrogen-bond acceptors (Lipinski definition) is 6. The van der Waals surface area contributed by atoms with E-state index in [9.17, 15) is 0 Å². The molecule has 0 spiro atoms. The van der Waals surface area contributed by atoms with Gasteiger partial charge in [-0.2, -0.15) is 0 Å². The molecular formula is C15H13N5S. The van der Waals surface area contributed by atoms with Crippen LogP contribution in [0.5, 0.6) is 0 Å². The molecule has 1 aliphatic heterocycles. The average Bonchev–Trinajstić information content (AvgIpc) is 3.16. The minimum absolute atomic E-state index is 0.419. The van der Waals surface area contributed by atoms with Crippen molar-refractivity contribution in [1.82, 2.24) is 9.97 Å². The molecule has 1 aliphatic rings. The first kappa shape index (κ1) is 12.4. The van der Waals surface area contributed by atoms with E-state index in [2.05, 4.69) is 33.2 Å². The molecule has 0 radical (unpaired) electrons. The molecule has 0 fully saturated rings. The number of nitrogens with zero attached hydrogens (tertiary/aromatic N) is 3. The number of aliphatic imine (C=N–C) groups is 1. The molecule has 0 saturated carbocycles. The second kappa shape index (κ2) is 4.61. The highest BCUT2D eigenvalue weighted by molar-refractivity contribution is 7.19. The molecule has 5 nitrogen and oxygen atoms in total. The van der Waals surface area contributed by atoms with Gasteiger partial charge in [-0.15, -0.1) is 11.3 Å². The summed E-state index contributed by atoms with van der Waals surface area (Å²) >= 11 is 1.58. The summed E-state index contributed by atoms with van der Waals surface area (Å²) in [6, 6.07) is 6.24. The third-order valence-electron chi connectivity index (χ3n) is 3.59. The predicted molar refractivity (Wildman–Crippen MR) is 88.6 cm³/mol. The minimum atomic E-state index is 0.419. The van der Waals surface area contributed by atoms with Crippen molar-refractivity contribution in [3.63, 3.8) is 0 Å². The van der Waals surface area contributed by atoms with Gasteiger partial charge in [0.15, 0.2) is 5.82 Å². The Hall–Kier alpha value is -2.31. The lowest BCUT2D eigenvalue weighted by atomic mass is 10.0. The summed E-state index contributed by atoms with van der Waals surface area (Å²) in [6.45, 7) is 1.14. The van der Waals surface area contributed by atoms with Gasteiger partial charge >= 0.3 is 0 Å². The molecule has 21 heavy (non-hydrogen) atoms. The maximum Gasteiger partial charge on any atom is 0.151 e. The van der Waals surface area contributed by atoms with Crippen molar-refractivity contribution in [3.05, 3.63) is 34.8 Å². The summed E-state index contributed by atoms with van der Waals surface area (Å²) in [5.74, 6) is 0.460. The fraction of sp³-hybridized carbons (Fsp3) is 0.133. The van der Waals surface area contributed by atoms with E-state index in [1.807, 2.05) is 12.3 Å². The van der Waals surface area contributed by atoms with Gasteiger partial charge in [0.1, 0.15) is 10.5 Å². The summed E-state index contributed by atoms with van der Waals surface area (Å²) in [5.41, 5.74) is 15.7. The standard InChI is InChI=1S/C15H13N5S/c16-6-12-20-13-14(21-12)10-2-1-8(9-3-4-18-7-9)5-11(10)19-15(13)17/h1-5H,6-7,16H2,(H2,17,19). The van der Waals surface area contributed by atoms with Crippen LogP contribution < -0.4 is 11.5 Å². The zero-order valence-electron chi connectivity index (χ0n) is 11.2. The first-order chi connectivity index (χ1) is 10.3. The van der Waals surface area contributed by atoms with E-state index in [0.29, 0.717) is 12.4 Å². The summed E-state index contributed by atoms with van der Waals surface area (Å²) in [6.07, 6.45) is 3.86. The summed E-state index contributed by atoms with van der Waals surface area (Å²) < 4.78 is 1.06. The molecule has 104 valence electrons. The smallest absolute Gasteiger partial charge is 0.151 e. The number of pyridine rings is 1. The van der Waals surface area contributed by atoms with Gasteiger partial charge < -0.3 is 11.5 Å². The Labute approximate surface area is 125 Å². The summed E-state index contributed by atoms with van der Waals surface area (Å²) in [4.78, 5) is 13.2. The molecule has 1 aromatic carbocycles. The molecule has 4 rings (SSSR count). The Morgan fingerprint density at radius 2 is 2.14 bits per heavy atom. The van der Waals surface area contributed by atoms with Crippen LogP contribution in [0.1, 0.15) is 10.6 Å². The normalized spacial score (nSPS) is 14.2. The number of benzene rings is 1. The van der Waals surface area contributed by atoms with Crippen LogP contribution in [0.2, 0.25) is 0 Å². The van der Waals surface area contributed by atoms with E-state index >= 15 is 0 Å². The number of nitrogen functional groups attached to an aromatic ring is 1. The zero-order chi connectivity index (χ0) is 14.4. The second-order valence-electron chi connectivity index (χ2n) is 4.90. The van der Waals surface area contributed by atoms with Crippen LogP contribution in [-0.4, -0.2) is 22.7 Å². The Bertz CT molecular complexity index is 923. The largest absolute Gasteiger partial charge is 0.382 e. The number of allylic oxidation sites excluding steroid dienone is 1. The van der Waals surface area contributed by atoms with Crippen LogP contribution >= 0.6 is 11.3 Å². The van der Waals surface area contributed by atoms with E-state index in [1.165, 1.54) is 5.57 Å². The number of fused-ring (bicyclic) bond motifs is 3. The molecule has 0 atom stereocenters. The average molecular weight is 295 g/mol. The van der Waals surface area contributed by atoms with Crippen molar-refractivity contribution >= 4 is 50.1 Å². The van der Waals surface area contributed by atoms with Crippen LogP contribution in [0, 0.1) is 0 Å². The molecule has 0 unspecified atom stereocenters.